The maximum absolute atomic E-state index is 12.3. The first-order valence-electron chi connectivity index (χ1n) is 5.83. The summed E-state index contributed by atoms with van der Waals surface area (Å²) in [6, 6.07) is -1.16. The number of sulfonamides is 1. The number of carbonyl (C=O) groups is 1. The largest absolute Gasteiger partial charge is 0.480 e. The summed E-state index contributed by atoms with van der Waals surface area (Å²) in [6.45, 7) is 6.49. The normalized spacial score (nSPS) is 13.8. The van der Waals surface area contributed by atoms with Gasteiger partial charge in [-0.15, -0.1) is 0 Å². The van der Waals surface area contributed by atoms with Crippen molar-refractivity contribution in [1.82, 2.24) is 14.5 Å². The van der Waals surface area contributed by atoms with Gasteiger partial charge in [-0.2, -0.15) is 9.82 Å². The van der Waals surface area contributed by atoms with Crippen LogP contribution in [-0.2, 0) is 21.9 Å². The van der Waals surface area contributed by atoms with E-state index in [1.54, 1.807) is 34.7 Å². The van der Waals surface area contributed by atoms with Gasteiger partial charge >= 0.3 is 5.97 Å². The van der Waals surface area contributed by atoms with Gasteiger partial charge in [-0.1, -0.05) is 13.8 Å². The molecule has 0 aliphatic carbocycles. The molecule has 0 bridgehead atoms. The van der Waals surface area contributed by atoms with Gasteiger partial charge in [0.15, 0.2) is 0 Å². The number of hydrogen-bond acceptors (Lipinski definition) is 4. The molecule has 1 aromatic heterocycles. The number of hydrogen-bond donors (Lipinski definition) is 2. The summed E-state index contributed by atoms with van der Waals surface area (Å²) in [5.41, 5.74) is 0.818. The summed E-state index contributed by atoms with van der Waals surface area (Å²) < 4.78 is 28.2. The number of carboxylic acid groups (broad SMARTS) is 1. The van der Waals surface area contributed by atoms with Crippen LogP contribution in [0.2, 0.25) is 0 Å². The molecule has 2 N–H and O–H groups in total. The molecule has 0 saturated carbocycles. The number of aromatic nitrogens is 2. The zero-order chi connectivity index (χ0) is 15.0. The van der Waals surface area contributed by atoms with Gasteiger partial charge in [-0.3, -0.25) is 9.48 Å². The van der Waals surface area contributed by atoms with Gasteiger partial charge in [0.2, 0.25) is 10.0 Å². The molecule has 0 radical (unpaired) electrons. The molecule has 1 aromatic rings. The van der Waals surface area contributed by atoms with E-state index < -0.39 is 22.0 Å². The summed E-state index contributed by atoms with van der Waals surface area (Å²) in [6.07, 6.45) is 0. The van der Waals surface area contributed by atoms with E-state index in [4.69, 9.17) is 5.11 Å². The third-order valence-corrected chi connectivity index (χ3v) is 4.62. The van der Waals surface area contributed by atoms with Crippen molar-refractivity contribution in [1.29, 1.82) is 0 Å². The van der Waals surface area contributed by atoms with Crippen molar-refractivity contribution in [3.8, 4) is 0 Å². The number of aryl methyl sites for hydroxylation is 2. The Kier molecular flexibility index (Phi) is 4.36. The van der Waals surface area contributed by atoms with Crippen molar-refractivity contribution < 1.29 is 18.3 Å². The van der Waals surface area contributed by atoms with Gasteiger partial charge in [0.1, 0.15) is 10.9 Å². The van der Waals surface area contributed by atoms with E-state index in [1.807, 2.05) is 0 Å². The number of nitrogens with zero attached hydrogens (tertiary/aromatic N) is 2. The van der Waals surface area contributed by atoms with E-state index >= 15 is 0 Å². The van der Waals surface area contributed by atoms with Gasteiger partial charge in [0, 0.05) is 7.05 Å². The van der Waals surface area contributed by atoms with Crippen molar-refractivity contribution in [2.24, 2.45) is 13.0 Å². The number of aliphatic carboxylic acids is 1. The highest BCUT2D eigenvalue weighted by Crippen LogP contribution is 2.19. The van der Waals surface area contributed by atoms with E-state index in [2.05, 4.69) is 9.82 Å². The first-order chi connectivity index (χ1) is 8.58. The first kappa shape index (κ1) is 15.6. The molecular weight excluding hydrogens is 270 g/mol. The molecule has 108 valence electrons. The van der Waals surface area contributed by atoms with E-state index in [0.717, 1.165) is 0 Å². The van der Waals surface area contributed by atoms with Crippen LogP contribution in [0, 0.1) is 19.8 Å². The molecule has 1 atom stereocenters. The molecule has 19 heavy (non-hydrogen) atoms. The first-order valence-corrected chi connectivity index (χ1v) is 7.31. The lowest BCUT2D eigenvalue weighted by molar-refractivity contribution is -0.140. The van der Waals surface area contributed by atoms with Gasteiger partial charge in [0.25, 0.3) is 0 Å². The summed E-state index contributed by atoms with van der Waals surface area (Å²) in [5, 5.41) is 13.1. The molecule has 0 unspecified atom stereocenters. The number of rotatable bonds is 5. The standard InChI is InChI=1S/C11H19N3O4S/c1-6(2)9(11(15)16)13-19(17,18)10-7(3)12-14(5)8(10)4/h6,9,13H,1-5H3,(H,15,16)/t9-/m0/s1. The molecular formula is C11H19N3O4S. The Hall–Kier alpha value is -1.41. The second-order valence-corrected chi connectivity index (χ2v) is 6.46. The smallest absolute Gasteiger partial charge is 0.322 e. The fourth-order valence-corrected chi connectivity index (χ4v) is 3.62. The van der Waals surface area contributed by atoms with Gasteiger partial charge in [-0.05, 0) is 19.8 Å². The van der Waals surface area contributed by atoms with Crippen LogP contribution in [0.3, 0.4) is 0 Å². The van der Waals surface area contributed by atoms with Gasteiger partial charge < -0.3 is 5.11 Å². The number of carboxylic acids is 1. The maximum atomic E-state index is 12.3. The second kappa shape index (κ2) is 5.30. The summed E-state index contributed by atoms with van der Waals surface area (Å²) in [5.74, 6) is -1.55. The van der Waals surface area contributed by atoms with E-state index in [9.17, 15) is 13.2 Å². The molecule has 0 saturated heterocycles. The highest BCUT2D eigenvalue weighted by atomic mass is 32.2. The molecule has 0 spiro atoms. The van der Waals surface area contributed by atoms with Gasteiger partial charge in [-0.25, -0.2) is 8.42 Å². The van der Waals surface area contributed by atoms with Crippen LogP contribution in [0.25, 0.3) is 0 Å². The number of nitrogens with one attached hydrogen (secondary N) is 1. The van der Waals surface area contributed by atoms with Crippen LogP contribution in [0.4, 0.5) is 0 Å². The lowest BCUT2D eigenvalue weighted by atomic mass is 10.1. The van der Waals surface area contributed by atoms with Crippen molar-refractivity contribution in [2.45, 2.75) is 38.6 Å². The Morgan fingerprint density at radius 3 is 2.21 bits per heavy atom. The quantitative estimate of drug-likeness (QED) is 0.818. The average molecular weight is 289 g/mol. The topological polar surface area (TPSA) is 101 Å². The Bertz CT molecular complexity index is 589. The van der Waals surface area contributed by atoms with E-state index in [1.165, 1.54) is 4.68 Å². The SMILES string of the molecule is Cc1nn(C)c(C)c1S(=O)(=O)N[C@H](C(=O)O)C(C)C. The molecule has 0 aliphatic heterocycles. The molecule has 0 amide bonds. The van der Waals surface area contributed by atoms with Crippen molar-refractivity contribution in [2.75, 3.05) is 0 Å². The van der Waals surface area contributed by atoms with Gasteiger partial charge in [0.05, 0.1) is 11.4 Å². The molecule has 1 rings (SSSR count). The molecule has 0 fully saturated rings. The molecule has 0 aliphatic rings. The van der Waals surface area contributed by atoms with Crippen molar-refractivity contribution in [3.05, 3.63) is 11.4 Å². The Morgan fingerprint density at radius 1 is 1.37 bits per heavy atom. The lowest BCUT2D eigenvalue weighted by Crippen LogP contribution is -2.44. The highest BCUT2D eigenvalue weighted by molar-refractivity contribution is 7.89. The molecule has 7 nitrogen and oxygen atoms in total. The fourth-order valence-electron chi connectivity index (χ4n) is 1.84. The third-order valence-electron chi connectivity index (χ3n) is 2.93. The summed E-state index contributed by atoms with van der Waals surface area (Å²) in [4.78, 5) is 11.1. The highest BCUT2D eigenvalue weighted by Gasteiger charge is 2.31. The van der Waals surface area contributed by atoms with Crippen LogP contribution in [0.1, 0.15) is 25.2 Å². The van der Waals surface area contributed by atoms with Crippen LogP contribution < -0.4 is 4.72 Å². The Labute approximate surface area is 112 Å². The predicted molar refractivity (Wildman–Crippen MR) is 69.3 cm³/mol. The third kappa shape index (κ3) is 3.13. The van der Waals surface area contributed by atoms with Crippen LogP contribution in [0.15, 0.2) is 4.90 Å². The average Bonchev–Trinajstić information content (AvgIpc) is 2.49. The fraction of sp³-hybridized carbons (Fsp3) is 0.636. The van der Waals surface area contributed by atoms with Crippen LogP contribution in [0.5, 0.6) is 0 Å². The monoisotopic (exact) mass is 289 g/mol. The molecule has 0 aromatic carbocycles. The zero-order valence-electron chi connectivity index (χ0n) is 11.6. The van der Waals surface area contributed by atoms with Crippen molar-refractivity contribution in [3.63, 3.8) is 0 Å². The van der Waals surface area contributed by atoms with Crippen molar-refractivity contribution >= 4 is 16.0 Å². The predicted octanol–water partition coefficient (Wildman–Crippen LogP) is 0.424. The Morgan fingerprint density at radius 2 is 1.89 bits per heavy atom. The minimum absolute atomic E-state index is 0.0434. The minimum Gasteiger partial charge on any atom is -0.480 e. The molecule has 1 heterocycles. The zero-order valence-corrected chi connectivity index (χ0v) is 12.4. The van der Waals surface area contributed by atoms with E-state index in [0.29, 0.717) is 11.4 Å². The summed E-state index contributed by atoms with van der Waals surface area (Å²) in [7, 11) is -2.27. The van der Waals surface area contributed by atoms with Crippen LogP contribution in [-0.4, -0.2) is 35.3 Å². The van der Waals surface area contributed by atoms with Crippen LogP contribution >= 0.6 is 0 Å². The summed E-state index contributed by atoms with van der Waals surface area (Å²) >= 11 is 0. The second-order valence-electron chi connectivity index (χ2n) is 4.80. The maximum Gasteiger partial charge on any atom is 0.322 e. The minimum atomic E-state index is -3.90. The molecule has 8 heteroatoms. The lowest BCUT2D eigenvalue weighted by Gasteiger charge is -2.18. The van der Waals surface area contributed by atoms with E-state index in [-0.39, 0.29) is 10.8 Å². The Balaban J connectivity index is 3.22.